The third kappa shape index (κ3) is 5.41. The molecular weight excluding hydrogens is 390 g/mol. The van der Waals surface area contributed by atoms with Crippen LogP contribution < -0.4 is 10.6 Å². The lowest BCUT2D eigenvalue weighted by atomic mass is 10.1. The lowest BCUT2D eigenvalue weighted by Gasteiger charge is -2.11. The minimum Gasteiger partial charge on any atom is -0.321 e. The van der Waals surface area contributed by atoms with Gasteiger partial charge in [0.25, 0.3) is 11.8 Å². The summed E-state index contributed by atoms with van der Waals surface area (Å²) in [7, 11) is 0. The van der Waals surface area contributed by atoms with Crippen LogP contribution in [0.25, 0.3) is 0 Å². The van der Waals surface area contributed by atoms with Crippen LogP contribution in [0.15, 0.2) is 58.0 Å². The van der Waals surface area contributed by atoms with Crippen molar-refractivity contribution in [2.75, 3.05) is 17.8 Å². The Morgan fingerprint density at radius 3 is 2.21 bits per heavy atom. The number of hydrogen-bond acceptors (Lipinski definition) is 5. The van der Waals surface area contributed by atoms with Gasteiger partial charge in [0.1, 0.15) is 11.6 Å². The zero-order valence-corrected chi connectivity index (χ0v) is 17.8. The van der Waals surface area contributed by atoms with E-state index in [0.717, 1.165) is 27.8 Å². The van der Waals surface area contributed by atoms with Crippen LogP contribution in [0.2, 0.25) is 0 Å². The van der Waals surface area contributed by atoms with Crippen LogP contribution in [0.1, 0.15) is 21.5 Å². The maximum absolute atomic E-state index is 12.6. The number of aryl methyl sites for hydroxylation is 2. The molecule has 0 heterocycles. The fourth-order valence-electron chi connectivity index (χ4n) is 2.35. The van der Waals surface area contributed by atoms with Gasteiger partial charge in [-0.15, -0.1) is 23.5 Å². The summed E-state index contributed by atoms with van der Waals surface area (Å²) in [6, 6.07) is 14.5. The maximum atomic E-state index is 12.6. The summed E-state index contributed by atoms with van der Waals surface area (Å²) >= 11 is 2.72. The van der Waals surface area contributed by atoms with Crippen LogP contribution in [-0.2, 0) is 4.79 Å². The van der Waals surface area contributed by atoms with Crippen molar-refractivity contribution in [1.29, 1.82) is 5.26 Å². The quantitative estimate of drug-likeness (QED) is 0.416. The van der Waals surface area contributed by atoms with Crippen molar-refractivity contribution in [2.24, 2.45) is 0 Å². The number of amides is 2. The van der Waals surface area contributed by atoms with Crippen LogP contribution in [0, 0.1) is 25.2 Å². The number of benzene rings is 2. The Balaban J connectivity index is 2.22. The molecule has 0 spiro atoms. The molecule has 28 heavy (non-hydrogen) atoms. The predicted molar refractivity (Wildman–Crippen MR) is 116 cm³/mol. The Hall–Kier alpha value is -2.69. The Morgan fingerprint density at radius 2 is 1.68 bits per heavy atom. The summed E-state index contributed by atoms with van der Waals surface area (Å²) in [5, 5.41) is 15.1. The van der Waals surface area contributed by atoms with Crippen molar-refractivity contribution in [3.05, 3.63) is 69.8 Å². The molecule has 2 N–H and O–H groups in total. The molecule has 0 saturated carbocycles. The fraction of sp³-hybridized carbons (Fsp3) is 0.190. The van der Waals surface area contributed by atoms with Gasteiger partial charge in [0, 0.05) is 16.1 Å². The standard InChI is InChI=1S/C21H21N3O2S2/c1-13-5-8-16(11-14(13)2)23-20(26)18(12-22)21(28-4)24-19(25)15-6-9-17(27-3)10-7-15/h5-11H,1-4H3,(H,23,26)(H,24,25)/b21-18+. The van der Waals surface area contributed by atoms with Crippen molar-refractivity contribution >= 4 is 41.0 Å². The summed E-state index contributed by atoms with van der Waals surface area (Å²) in [5.41, 5.74) is 3.06. The zero-order valence-electron chi connectivity index (χ0n) is 16.1. The van der Waals surface area contributed by atoms with Gasteiger partial charge in [-0.05, 0) is 73.9 Å². The topological polar surface area (TPSA) is 82.0 Å². The Labute approximate surface area is 173 Å². The number of carbonyl (C=O) groups is 2. The van der Waals surface area contributed by atoms with Crippen molar-refractivity contribution in [3.63, 3.8) is 0 Å². The Morgan fingerprint density at radius 1 is 1.00 bits per heavy atom. The minimum atomic E-state index is -0.562. The van der Waals surface area contributed by atoms with E-state index in [1.807, 2.05) is 50.4 Å². The second kappa shape index (κ2) is 10.0. The molecule has 0 fully saturated rings. The van der Waals surface area contributed by atoms with E-state index in [1.165, 1.54) is 0 Å². The number of nitriles is 1. The molecule has 144 valence electrons. The number of anilines is 1. The molecular formula is C21H21N3O2S2. The molecule has 0 unspecified atom stereocenters. The van der Waals surface area contributed by atoms with E-state index in [9.17, 15) is 14.9 Å². The van der Waals surface area contributed by atoms with Gasteiger partial charge in [-0.3, -0.25) is 9.59 Å². The smallest absolute Gasteiger partial charge is 0.269 e. The Kier molecular flexibility index (Phi) is 7.73. The molecule has 0 aromatic heterocycles. The van der Waals surface area contributed by atoms with Crippen molar-refractivity contribution in [1.82, 2.24) is 5.32 Å². The van der Waals surface area contributed by atoms with Gasteiger partial charge in [0.15, 0.2) is 0 Å². The van der Waals surface area contributed by atoms with Crippen molar-refractivity contribution in [2.45, 2.75) is 18.7 Å². The van der Waals surface area contributed by atoms with Gasteiger partial charge in [-0.2, -0.15) is 5.26 Å². The molecule has 0 aliphatic heterocycles. The van der Waals surface area contributed by atoms with Gasteiger partial charge in [0.05, 0.1) is 5.03 Å². The van der Waals surface area contributed by atoms with Gasteiger partial charge >= 0.3 is 0 Å². The highest BCUT2D eigenvalue weighted by molar-refractivity contribution is 8.02. The Bertz CT molecular complexity index is 961. The number of thioether (sulfide) groups is 2. The first-order valence-corrected chi connectivity index (χ1v) is 10.9. The van der Waals surface area contributed by atoms with E-state index in [1.54, 1.807) is 36.2 Å². The monoisotopic (exact) mass is 411 g/mol. The molecule has 2 aromatic carbocycles. The lowest BCUT2D eigenvalue weighted by molar-refractivity contribution is -0.112. The lowest BCUT2D eigenvalue weighted by Crippen LogP contribution is -2.25. The number of hydrogen-bond donors (Lipinski definition) is 2. The summed E-state index contributed by atoms with van der Waals surface area (Å²) < 4.78 is 0. The highest BCUT2D eigenvalue weighted by atomic mass is 32.2. The third-order valence-electron chi connectivity index (χ3n) is 4.11. The van der Waals surface area contributed by atoms with Gasteiger partial charge in [0.2, 0.25) is 0 Å². The highest BCUT2D eigenvalue weighted by Crippen LogP contribution is 2.20. The number of nitrogens with zero attached hydrogens (tertiary/aromatic N) is 1. The molecule has 2 aromatic rings. The number of carbonyl (C=O) groups excluding carboxylic acids is 2. The largest absolute Gasteiger partial charge is 0.321 e. The van der Waals surface area contributed by atoms with Crippen molar-refractivity contribution < 1.29 is 9.59 Å². The van der Waals surface area contributed by atoms with E-state index in [0.29, 0.717) is 11.3 Å². The number of rotatable bonds is 6. The highest BCUT2D eigenvalue weighted by Gasteiger charge is 2.18. The second-order valence-electron chi connectivity index (χ2n) is 5.96. The maximum Gasteiger partial charge on any atom is 0.269 e. The third-order valence-corrected chi connectivity index (χ3v) is 5.57. The normalized spacial score (nSPS) is 11.2. The molecule has 0 aliphatic rings. The van der Waals surface area contributed by atoms with Gasteiger partial charge < -0.3 is 10.6 Å². The van der Waals surface area contributed by atoms with Crippen LogP contribution in [0.5, 0.6) is 0 Å². The van der Waals surface area contributed by atoms with E-state index in [4.69, 9.17) is 0 Å². The van der Waals surface area contributed by atoms with Crippen LogP contribution in [0.3, 0.4) is 0 Å². The molecule has 0 aliphatic carbocycles. The molecule has 0 bridgehead atoms. The summed E-state index contributed by atoms with van der Waals surface area (Å²) in [4.78, 5) is 26.1. The van der Waals surface area contributed by atoms with Crippen molar-refractivity contribution in [3.8, 4) is 6.07 Å². The minimum absolute atomic E-state index is 0.139. The van der Waals surface area contributed by atoms with E-state index in [-0.39, 0.29) is 16.5 Å². The second-order valence-corrected chi connectivity index (χ2v) is 7.65. The van der Waals surface area contributed by atoms with Gasteiger partial charge in [-0.1, -0.05) is 6.07 Å². The summed E-state index contributed by atoms with van der Waals surface area (Å²) in [6.45, 7) is 3.93. The predicted octanol–water partition coefficient (Wildman–Crippen LogP) is 4.49. The zero-order chi connectivity index (χ0) is 20.7. The van der Waals surface area contributed by atoms with E-state index >= 15 is 0 Å². The first kappa shape index (κ1) is 21.6. The first-order valence-electron chi connectivity index (χ1n) is 8.42. The number of nitrogens with one attached hydrogen (secondary N) is 2. The average Bonchev–Trinajstić information content (AvgIpc) is 2.70. The molecule has 7 heteroatoms. The summed E-state index contributed by atoms with van der Waals surface area (Å²) in [6.07, 6.45) is 3.66. The molecule has 2 amide bonds. The average molecular weight is 412 g/mol. The first-order chi connectivity index (χ1) is 13.4. The molecule has 0 saturated heterocycles. The molecule has 2 rings (SSSR count). The SMILES string of the molecule is CS/C(NC(=O)c1ccc(SC)cc1)=C(\C#N)C(=O)Nc1ccc(C)c(C)c1. The van der Waals surface area contributed by atoms with E-state index < -0.39 is 5.91 Å². The van der Waals surface area contributed by atoms with E-state index in [2.05, 4.69) is 10.6 Å². The summed E-state index contributed by atoms with van der Waals surface area (Å²) in [5.74, 6) is -0.933. The van der Waals surface area contributed by atoms with Crippen LogP contribution in [0.4, 0.5) is 5.69 Å². The molecule has 5 nitrogen and oxygen atoms in total. The molecule has 0 radical (unpaired) electrons. The van der Waals surface area contributed by atoms with Crippen LogP contribution >= 0.6 is 23.5 Å². The fourth-order valence-corrected chi connectivity index (χ4v) is 3.30. The van der Waals surface area contributed by atoms with Crippen LogP contribution in [-0.4, -0.2) is 24.3 Å². The van der Waals surface area contributed by atoms with Gasteiger partial charge in [-0.25, -0.2) is 0 Å². The molecule has 0 atom stereocenters.